The standard InChI is InChI=1S/C22H18N4O2/c27-20(26-13-12-25-17-9-5-4-8-16(17)23-21(25)26)22(10-11-22)19-14-18(28-24-19)15-6-2-1-3-7-15/h1-9,14H,10-13H2. The molecule has 0 bridgehead atoms. The van der Waals surface area contributed by atoms with Crippen LogP contribution in [-0.2, 0) is 16.8 Å². The number of para-hydroxylation sites is 2. The van der Waals surface area contributed by atoms with E-state index in [1.54, 1.807) is 0 Å². The summed E-state index contributed by atoms with van der Waals surface area (Å²) in [6.07, 6.45) is 1.59. The van der Waals surface area contributed by atoms with Crippen LogP contribution in [0.3, 0.4) is 0 Å². The van der Waals surface area contributed by atoms with Crippen LogP contribution in [0.1, 0.15) is 18.5 Å². The number of fused-ring (bicyclic) bond motifs is 3. The van der Waals surface area contributed by atoms with Crippen molar-refractivity contribution in [3.63, 3.8) is 0 Å². The molecule has 0 radical (unpaired) electrons. The number of aromatic nitrogens is 3. The van der Waals surface area contributed by atoms with Crippen LogP contribution in [-0.4, -0.2) is 27.2 Å². The lowest BCUT2D eigenvalue weighted by Gasteiger charge is -2.19. The fourth-order valence-electron chi connectivity index (χ4n) is 4.18. The molecule has 0 unspecified atom stereocenters. The largest absolute Gasteiger partial charge is 0.356 e. The maximum absolute atomic E-state index is 13.5. The zero-order valence-electron chi connectivity index (χ0n) is 15.2. The predicted octanol–water partition coefficient (Wildman–Crippen LogP) is 3.77. The van der Waals surface area contributed by atoms with Crippen LogP contribution < -0.4 is 4.90 Å². The molecule has 28 heavy (non-hydrogen) atoms. The highest BCUT2D eigenvalue weighted by atomic mass is 16.5. The van der Waals surface area contributed by atoms with E-state index in [0.29, 0.717) is 12.3 Å². The first-order valence-electron chi connectivity index (χ1n) is 9.56. The van der Waals surface area contributed by atoms with E-state index < -0.39 is 5.41 Å². The molecule has 1 aliphatic carbocycles. The smallest absolute Gasteiger partial charge is 0.241 e. The van der Waals surface area contributed by atoms with Gasteiger partial charge in [0.25, 0.3) is 0 Å². The third-order valence-electron chi connectivity index (χ3n) is 5.89. The van der Waals surface area contributed by atoms with Crippen molar-refractivity contribution in [1.29, 1.82) is 0 Å². The average molecular weight is 370 g/mol. The Morgan fingerprint density at radius 2 is 1.79 bits per heavy atom. The van der Waals surface area contributed by atoms with Gasteiger partial charge in [-0.25, -0.2) is 4.98 Å². The maximum Gasteiger partial charge on any atom is 0.241 e. The summed E-state index contributed by atoms with van der Waals surface area (Å²) in [5.74, 6) is 1.52. The lowest BCUT2D eigenvalue weighted by atomic mass is 9.99. The van der Waals surface area contributed by atoms with Gasteiger partial charge in [0, 0.05) is 24.7 Å². The fraction of sp³-hybridized carbons (Fsp3) is 0.227. The Bertz CT molecular complexity index is 1200. The number of imidazole rings is 1. The van der Waals surface area contributed by atoms with Crippen LogP contribution in [0.25, 0.3) is 22.4 Å². The first-order valence-corrected chi connectivity index (χ1v) is 9.56. The molecule has 6 rings (SSSR count). The summed E-state index contributed by atoms with van der Waals surface area (Å²) in [6.45, 7) is 1.42. The van der Waals surface area contributed by atoms with Crippen molar-refractivity contribution < 1.29 is 9.32 Å². The molecule has 6 nitrogen and oxygen atoms in total. The third-order valence-corrected chi connectivity index (χ3v) is 5.89. The summed E-state index contributed by atoms with van der Waals surface area (Å²) in [7, 11) is 0. The van der Waals surface area contributed by atoms with Crippen molar-refractivity contribution in [2.24, 2.45) is 0 Å². The Hall–Kier alpha value is -3.41. The normalized spacial score (nSPS) is 17.1. The highest BCUT2D eigenvalue weighted by molar-refractivity contribution is 6.03. The second-order valence-electron chi connectivity index (χ2n) is 7.53. The first-order chi connectivity index (χ1) is 13.8. The first kappa shape index (κ1) is 15.6. The van der Waals surface area contributed by atoms with E-state index in [9.17, 15) is 4.79 Å². The van der Waals surface area contributed by atoms with Gasteiger partial charge in [-0.15, -0.1) is 0 Å². The number of carbonyl (C=O) groups excluding carboxylic acids is 1. The number of anilines is 1. The van der Waals surface area contributed by atoms with E-state index >= 15 is 0 Å². The molecule has 0 N–H and O–H groups in total. The molecule has 6 heteroatoms. The molecule has 2 aromatic heterocycles. The van der Waals surface area contributed by atoms with Crippen molar-refractivity contribution in [3.05, 3.63) is 66.4 Å². The van der Waals surface area contributed by atoms with Gasteiger partial charge >= 0.3 is 0 Å². The number of benzene rings is 2. The van der Waals surface area contributed by atoms with E-state index in [1.807, 2.05) is 59.5 Å². The number of amides is 1. The molecule has 2 aromatic carbocycles. The van der Waals surface area contributed by atoms with Gasteiger partial charge in [-0.2, -0.15) is 0 Å². The molecule has 138 valence electrons. The van der Waals surface area contributed by atoms with Gasteiger partial charge in [-0.05, 0) is 25.0 Å². The minimum Gasteiger partial charge on any atom is -0.356 e. The minimum atomic E-state index is -0.580. The topological polar surface area (TPSA) is 64.2 Å². The molecular weight excluding hydrogens is 352 g/mol. The highest BCUT2D eigenvalue weighted by Crippen LogP contribution is 2.50. The Morgan fingerprint density at radius 1 is 1.00 bits per heavy atom. The van der Waals surface area contributed by atoms with Gasteiger partial charge in [-0.1, -0.05) is 47.6 Å². The van der Waals surface area contributed by atoms with Crippen molar-refractivity contribution in [3.8, 4) is 11.3 Å². The van der Waals surface area contributed by atoms with Gasteiger partial charge in [-0.3, -0.25) is 9.69 Å². The second kappa shape index (κ2) is 5.55. The van der Waals surface area contributed by atoms with Crippen molar-refractivity contribution in [2.45, 2.75) is 24.8 Å². The summed E-state index contributed by atoms with van der Waals surface area (Å²) in [5.41, 5.74) is 3.11. The van der Waals surface area contributed by atoms with Crippen LogP contribution in [0, 0.1) is 0 Å². The number of rotatable bonds is 3. The summed E-state index contributed by atoms with van der Waals surface area (Å²) in [4.78, 5) is 20.0. The monoisotopic (exact) mass is 370 g/mol. The maximum atomic E-state index is 13.5. The van der Waals surface area contributed by atoms with Gasteiger partial charge in [0.05, 0.1) is 22.1 Å². The fourth-order valence-corrected chi connectivity index (χ4v) is 4.18. The summed E-state index contributed by atoms with van der Waals surface area (Å²) < 4.78 is 7.69. The third kappa shape index (κ3) is 2.11. The molecule has 1 fully saturated rings. The predicted molar refractivity (Wildman–Crippen MR) is 105 cm³/mol. The van der Waals surface area contributed by atoms with Gasteiger partial charge in [0.2, 0.25) is 11.9 Å². The molecule has 0 spiro atoms. The van der Waals surface area contributed by atoms with Crippen molar-refractivity contribution >= 4 is 22.9 Å². The van der Waals surface area contributed by atoms with Crippen LogP contribution >= 0.6 is 0 Å². The Balaban J connectivity index is 1.35. The zero-order chi connectivity index (χ0) is 18.7. The summed E-state index contributed by atoms with van der Waals surface area (Å²) >= 11 is 0. The van der Waals surface area contributed by atoms with E-state index in [1.165, 1.54) is 0 Å². The average Bonchev–Trinajstić information content (AvgIpc) is 3.08. The molecular formula is C22H18N4O2. The second-order valence-corrected chi connectivity index (χ2v) is 7.53. The zero-order valence-corrected chi connectivity index (χ0v) is 15.2. The molecule has 2 aliphatic rings. The lowest BCUT2D eigenvalue weighted by Crippen LogP contribution is -2.38. The number of carbonyl (C=O) groups is 1. The highest BCUT2D eigenvalue weighted by Gasteiger charge is 2.56. The Kier molecular flexibility index (Phi) is 3.10. The van der Waals surface area contributed by atoms with Crippen LogP contribution in [0.5, 0.6) is 0 Å². The van der Waals surface area contributed by atoms with Crippen LogP contribution in [0.15, 0.2) is 65.2 Å². The van der Waals surface area contributed by atoms with E-state index in [2.05, 4.69) is 15.8 Å². The number of nitrogens with zero attached hydrogens (tertiary/aromatic N) is 4. The molecule has 0 atom stereocenters. The summed E-state index contributed by atoms with van der Waals surface area (Å²) in [5, 5.41) is 4.27. The van der Waals surface area contributed by atoms with Crippen LogP contribution in [0.2, 0.25) is 0 Å². The van der Waals surface area contributed by atoms with Crippen LogP contribution in [0.4, 0.5) is 5.95 Å². The SMILES string of the molecule is O=C(N1CCn2c1nc1ccccc12)C1(c2cc(-c3ccccc3)on2)CC1. The molecule has 3 heterocycles. The van der Waals surface area contributed by atoms with E-state index in [-0.39, 0.29) is 5.91 Å². The van der Waals surface area contributed by atoms with Crippen molar-refractivity contribution in [1.82, 2.24) is 14.7 Å². The lowest BCUT2D eigenvalue weighted by molar-refractivity contribution is -0.121. The van der Waals surface area contributed by atoms with Gasteiger partial charge in [0.1, 0.15) is 0 Å². The molecule has 4 aromatic rings. The van der Waals surface area contributed by atoms with Gasteiger partial charge < -0.3 is 9.09 Å². The Labute approximate surface area is 161 Å². The van der Waals surface area contributed by atoms with E-state index in [4.69, 9.17) is 9.51 Å². The summed E-state index contributed by atoms with van der Waals surface area (Å²) in [6, 6.07) is 19.8. The van der Waals surface area contributed by atoms with Crippen molar-refractivity contribution in [2.75, 3.05) is 11.4 Å². The Morgan fingerprint density at radius 3 is 2.61 bits per heavy atom. The molecule has 1 saturated carbocycles. The minimum absolute atomic E-state index is 0.0782. The van der Waals surface area contributed by atoms with Gasteiger partial charge in [0.15, 0.2) is 5.76 Å². The van der Waals surface area contributed by atoms with E-state index in [0.717, 1.165) is 47.6 Å². The quantitative estimate of drug-likeness (QED) is 0.551. The number of hydrogen-bond acceptors (Lipinski definition) is 4. The molecule has 1 aliphatic heterocycles. The molecule has 0 saturated heterocycles. The number of hydrogen-bond donors (Lipinski definition) is 0. The molecule has 1 amide bonds.